The summed E-state index contributed by atoms with van der Waals surface area (Å²) < 4.78 is 24.9. The van der Waals surface area contributed by atoms with Crippen LogP contribution < -0.4 is 5.73 Å². The first-order chi connectivity index (χ1) is 4.81. The van der Waals surface area contributed by atoms with E-state index in [0.29, 0.717) is 13.0 Å². The van der Waals surface area contributed by atoms with Crippen LogP contribution >= 0.6 is 15.9 Å². The molecule has 2 nitrogen and oxygen atoms in total. The van der Waals surface area contributed by atoms with Crippen LogP contribution in [0.2, 0.25) is 0 Å². The molecule has 5 heteroatoms. The highest BCUT2D eigenvalue weighted by molar-refractivity contribution is 9.10. The van der Waals surface area contributed by atoms with Crippen molar-refractivity contribution in [2.75, 3.05) is 6.54 Å². The number of rotatable bonds is 4. The number of hydrogen-bond donors (Lipinski definition) is 2. The molecule has 0 aromatic heterocycles. The molecule has 0 fully saturated rings. The van der Waals surface area contributed by atoms with Crippen LogP contribution in [-0.4, -0.2) is 22.1 Å². The van der Waals surface area contributed by atoms with Crippen molar-refractivity contribution in [3.05, 3.63) is 0 Å². The molecule has 0 heterocycles. The minimum absolute atomic E-state index is 0.0122. The Bertz CT molecular complexity index is 124. The van der Waals surface area contributed by atoms with E-state index in [2.05, 4.69) is 15.9 Å². The van der Waals surface area contributed by atoms with E-state index in [0.717, 1.165) is 6.92 Å². The maximum Gasteiger partial charge on any atom is 0.329 e. The van der Waals surface area contributed by atoms with Crippen LogP contribution in [0.15, 0.2) is 0 Å². The number of hydrogen-bond acceptors (Lipinski definition) is 2. The molecule has 0 aliphatic rings. The van der Waals surface area contributed by atoms with Gasteiger partial charge in [-0.25, -0.2) is 0 Å². The number of halogens is 3. The zero-order chi connectivity index (χ0) is 9.12. The maximum atomic E-state index is 12.4. The van der Waals surface area contributed by atoms with Gasteiger partial charge in [0.1, 0.15) is 5.60 Å². The highest BCUT2D eigenvalue weighted by atomic mass is 79.9. The summed E-state index contributed by atoms with van der Waals surface area (Å²) in [5, 5.41) is 9.13. The fourth-order valence-corrected chi connectivity index (χ4v) is 0.786. The Balaban J connectivity index is 4.00. The van der Waals surface area contributed by atoms with Crippen molar-refractivity contribution in [1.82, 2.24) is 0 Å². The predicted octanol–water partition coefficient (Wildman–Crippen LogP) is 1.46. The van der Waals surface area contributed by atoms with Crippen molar-refractivity contribution < 1.29 is 13.9 Å². The lowest BCUT2D eigenvalue weighted by Crippen LogP contribution is -2.41. The van der Waals surface area contributed by atoms with Crippen LogP contribution in [0, 0.1) is 0 Å². The first kappa shape index (κ1) is 11.3. The molecule has 1 atom stereocenters. The lowest BCUT2D eigenvalue weighted by molar-refractivity contribution is -0.108. The van der Waals surface area contributed by atoms with Crippen molar-refractivity contribution >= 4 is 15.9 Å². The molecular weight excluding hydrogens is 220 g/mol. The molecule has 0 aromatic carbocycles. The molecule has 0 rings (SSSR count). The summed E-state index contributed by atoms with van der Waals surface area (Å²) in [6.07, 6.45) is 0.371. The average molecular weight is 232 g/mol. The van der Waals surface area contributed by atoms with Gasteiger partial charge in [-0.1, -0.05) is 0 Å². The van der Waals surface area contributed by atoms with Crippen LogP contribution in [0.1, 0.15) is 19.8 Å². The molecule has 0 spiro atoms. The molecule has 0 aromatic rings. The molecule has 0 saturated heterocycles. The summed E-state index contributed by atoms with van der Waals surface area (Å²) in [4.78, 5) is -3.24. The fraction of sp³-hybridized carbons (Fsp3) is 1.00. The minimum Gasteiger partial charge on any atom is -0.383 e. The van der Waals surface area contributed by atoms with Crippen molar-refractivity contribution in [3.63, 3.8) is 0 Å². The van der Waals surface area contributed by atoms with E-state index in [-0.39, 0.29) is 6.42 Å². The van der Waals surface area contributed by atoms with Crippen LogP contribution in [0.25, 0.3) is 0 Å². The molecule has 0 aliphatic carbocycles. The average Bonchev–Trinajstić information content (AvgIpc) is 1.81. The van der Waals surface area contributed by atoms with E-state index >= 15 is 0 Å². The van der Waals surface area contributed by atoms with Gasteiger partial charge in [-0.3, -0.25) is 0 Å². The van der Waals surface area contributed by atoms with Crippen molar-refractivity contribution in [3.8, 4) is 0 Å². The first-order valence-electron chi connectivity index (χ1n) is 3.30. The summed E-state index contributed by atoms with van der Waals surface area (Å²) in [5.74, 6) is 0. The Morgan fingerprint density at radius 2 is 2.00 bits per heavy atom. The van der Waals surface area contributed by atoms with E-state index in [1.165, 1.54) is 0 Å². The standard InChI is InChI=1S/C6H12BrF2NO/c1-5(11,3-2-4-10)6(7,8)9/h11H,2-4,10H2,1H3. The van der Waals surface area contributed by atoms with Crippen LogP contribution in [-0.2, 0) is 0 Å². The van der Waals surface area contributed by atoms with Gasteiger partial charge in [0.2, 0.25) is 0 Å². The summed E-state index contributed by atoms with van der Waals surface area (Å²) in [5.41, 5.74) is 3.10. The van der Waals surface area contributed by atoms with E-state index in [1.807, 2.05) is 0 Å². The van der Waals surface area contributed by atoms with E-state index in [1.54, 1.807) is 0 Å². The first-order valence-corrected chi connectivity index (χ1v) is 4.10. The van der Waals surface area contributed by atoms with Crippen LogP contribution in [0.5, 0.6) is 0 Å². The highest BCUT2D eigenvalue weighted by Gasteiger charge is 2.45. The minimum atomic E-state index is -3.24. The van der Waals surface area contributed by atoms with Crippen molar-refractivity contribution in [1.29, 1.82) is 0 Å². The lowest BCUT2D eigenvalue weighted by Gasteiger charge is -2.27. The van der Waals surface area contributed by atoms with Gasteiger partial charge in [-0.05, 0) is 42.2 Å². The quantitative estimate of drug-likeness (QED) is 0.721. The topological polar surface area (TPSA) is 46.2 Å². The summed E-state index contributed by atoms with van der Waals surface area (Å²) >= 11 is 2.11. The molecule has 68 valence electrons. The van der Waals surface area contributed by atoms with Crippen molar-refractivity contribution in [2.24, 2.45) is 5.73 Å². The Morgan fingerprint density at radius 1 is 1.55 bits per heavy atom. The third-order valence-corrected chi connectivity index (χ3v) is 2.33. The molecular formula is C6H12BrF2NO. The molecule has 0 radical (unpaired) electrons. The van der Waals surface area contributed by atoms with Gasteiger partial charge in [0.05, 0.1) is 0 Å². The largest absolute Gasteiger partial charge is 0.383 e. The van der Waals surface area contributed by atoms with Gasteiger partial charge in [-0.15, -0.1) is 0 Å². The third kappa shape index (κ3) is 3.44. The Kier molecular flexibility index (Phi) is 3.87. The van der Waals surface area contributed by atoms with E-state index < -0.39 is 10.4 Å². The molecule has 0 saturated carbocycles. The normalized spacial score (nSPS) is 18.0. The van der Waals surface area contributed by atoms with Gasteiger partial charge in [0.25, 0.3) is 0 Å². The Morgan fingerprint density at radius 3 is 2.27 bits per heavy atom. The maximum absolute atomic E-state index is 12.4. The van der Waals surface area contributed by atoms with E-state index in [4.69, 9.17) is 10.8 Å². The third-order valence-electron chi connectivity index (χ3n) is 1.48. The predicted molar refractivity (Wildman–Crippen MR) is 42.8 cm³/mol. The van der Waals surface area contributed by atoms with Gasteiger partial charge >= 0.3 is 4.83 Å². The second-order valence-corrected chi connectivity index (χ2v) is 3.66. The summed E-state index contributed by atoms with van der Waals surface area (Å²) in [6.45, 7) is 1.39. The SMILES string of the molecule is CC(O)(CCCN)C(F)(F)Br. The van der Waals surface area contributed by atoms with Crippen LogP contribution in [0.4, 0.5) is 8.78 Å². The van der Waals surface area contributed by atoms with Crippen LogP contribution in [0.3, 0.4) is 0 Å². The molecule has 3 N–H and O–H groups in total. The van der Waals surface area contributed by atoms with Gasteiger partial charge in [0.15, 0.2) is 0 Å². The smallest absolute Gasteiger partial charge is 0.329 e. The number of aliphatic hydroxyl groups is 1. The molecule has 1 unspecified atom stereocenters. The second kappa shape index (κ2) is 3.78. The zero-order valence-corrected chi connectivity index (χ0v) is 7.87. The highest BCUT2D eigenvalue weighted by Crippen LogP contribution is 2.37. The number of nitrogens with two attached hydrogens (primary N) is 1. The van der Waals surface area contributed by atoms with Gasteiger partial charge < -0.3 is 10.8 Å². The zero-order valence-electron chi connectivity index (χ0n) is 6.28. The summed E-state index contributed by atoms with van der Waals surface area (Å²) in [7, 11) is 0. The Labute approximate surface area is 72.9 Å². The molecule has 0 bridgehead atoms. The molecule has 0 amide bonds. The number of alkyl halides is 3. The van der Waals surface area contributed by atoms with Crippen molar-refractivity contribution in [2.45, 2.75) is 30.2 Å². The van der Waals surface area contributed by atoms with E-state index in [9.17, 15) is 8.78 Å². The second-order valence-electron chi connectivity index (χ2n) is 2.66. The fourth-order valence-electron chi connectivity index (χ4n) is 0.588. The molecule has 11 heavy (non-hydrogen) atoms. The van der Waals surface area contributed by atoms with Gasteiger partial charge in [-0.2, -0.15) is 8.78 Å². The van der Waals surface area contributed by atoms with Gasteiger partial charge in [0, 0.05) is 0 Å². The lowest BCUT2D eigenvalue weighted by atomic mass is 10.0. The molecule has 0 aliphatic heterocycles. The monoisotopic (exact) mass is 231 g/mol. The Hall–Kier alpha value is 0.260. The summed E-state index contributed by atoms with van der Waals surface area (Å²) in [6, 6.07) is 0.